The molecule has 0 saturated carbocycles. The Morgan fingerprint density at radius 2 is 2.00 bits per heavy atom. The summed E-state index contributed by atoms with van der Waals surface area (Å²) in [6.45, 7) is 0. The SMILES string of the molecule is COC(=O)c1cccc2[nH]c(-c3ccncc3)nc12. The van der Waals surface area contributed by atoms with Crippen molar-refractivity contribution >= 4 is 17.0 Å². The minimum absolute atomic E-state index is 0.390. The second-order valence-electron chi connectivity index (χ2n) is 4.01. The van der Waals surface area contributed by atoms with Crippen LogP contribution in [0, 0.1) is 0 Å². The topological polar surface area (TPSA) is 67.9 Å². The third kappa shape index (κ3) is 1.95. The second kappa shape index (κ2) is 4.53. The highest BCUT2D eigenvalue weighted by Gasteiger charge is 2.14. The molecule has 0 saturated heterocycles. The highest BCUT2D eigenvalue weighted by molar-refractivity contribution is 6.02. The number of benzene rings is 1. The Bertz CT molecular complexity index is 735. The molecule has 0 radical (unpaired) electrons. The molecule has 3 aromatic rings. The predicted octanol–water partition coefficient (Wildman–Crippen LogP) is 2.41. The maximum atomic E-state index is 11.7. The number of rotatable bonds is 2. The number of para-hydroxylation sites is 1. The van der Waals surface area contributed by atoms with Crippen LogP contribution in [-0.2, 0) is 4.74 Å². The molecule has 0 amide bonds. The van der Waals surface area contributed by atoms with Gasteiger partial charge >= 0.3 is 5.97 Å². The lowest BCUT2D eigenvalue weighted by Crippen LogP contribution is -2.01. The smallest absolute Gasteiger partial charge is 0.340 e. The van der Waals surface area contributed by atoms with Gasteiger partial charge in [0.15, 0.2) is 0 Å². The first-order valence-corrected chi connectivity index (χ1v) is 5.77. The van der Waals surface area contributed by atoms with Gasteiger partial charge in [0.2, 0.25) is 0 Å². The van der Waals surface area contributed by atoms with Crippen molar-refractivity contribution in [2.75, 3.05) is 7.11 Å². The largest absolute Gasteiger partial charge is 0.465 e. The molecule has 0 bridgehead atoms. The summed E-state index contributed by atoms with van der Waals surface area (Å²) in [4.78, 5) is 23.3. The summed E-state index contributed by atoms with van der Waals surface area (Å²) in [6.07, 6.45) is 3.40. The van der Waals surface area contributed by atoms with Gasteiger partial charge in [0, 0.05) is 18.0 Å². The molecule has 0 aliphatic heterocycles. The molecule has 0 unspecified atom stereocenters. The van der Waals surface area contributed by atoms with Crippen LogP contribution in [0.25, 0.3) is 22.4 Å². The molecule has 19 heavy (non-hydrogen) atoms. The van der Waals surface area contributed by atoms with Crippen molar-refractivity contribution < 1.29 is 9.53 Å². The lowest BCUT2D eigenvalue weighted by Gasteiger charge is -1.98. The first kappa shape index (κ1) is 11.4. The Kier molecular flexibility index (Phi) is 2.72. The summed E-state index contributed by atoms with van der Waals surface area (Å²) in [6, 6.07) is 9.08. The summed E-state index contributed by atoms with van der Waals surface area (Å²) in [5, 5.41) is 0. The fourth-order valence-electron chi connectivity index (χ4n) is 1.95. The Labute approximate surface area is 109 Å². The molecule has 1 N–H and O–H groups in total. The van der Waals surface area contributed by atoms with Gasteiger partial charge in [-0.3, -0.25) is 4.98 Å². The summed E-state index contributed by atoms with van der Waals surface area (Å²) < 4.78 is 4.76. The van der Waals surface area contributed by atoms with Crippen molar-refractivity contribution in [3.05, 3.63) is 48.3 Å². The summed E-state index contributed by atoms with van der Waals surface area (Å²) in [5.41, 5.74) is 2.79. The average Bonchev–Trinajstić information content (AvgIpc) is 2.91. The van der Waals surface area contributed by atoms with E-state index >= 15 is 0 Å². The Morgan fingerprint density at radius 3 is 2.74 bits per heavy atom. The van der Waals surface area contributed by atoms with Crippen molar-refractivity contribution in [3.8, 4) is 11.4 Å². The van der Waals surface area contributed by atoms with Gasteiger partial charge < -0.3 is 9.72 Å². The normalized spacial score (nSPS) is 10.6. The molecule has 2 aromatic heterocycles. The Morgan fingerprint density at radius 1 is 1.21 bits per heavy atom. The number of H-pyrrole nitrogens is 1. The summed E-state index contributed by atoms with van der Waals surface area (Å²) in [7, 11) is 1.36. The number of hydrogen-bond donors (Lipinski definition) is 1. The average molecular weight is 253 g/mol. The van der Waals surface area contributed by atoms with Crippen molar-refractivity contribution in [1.29, 1.82) is 0 Å². The van der Waals surface area contributed by atoms with E-state index in [0.717, 1.165) is 11.1 Å². The minimum atomic E-state index is -0.390. The number of carbonyl (C=O) groups is 1. The number of aromatic amines is 1. The highest BCUT2D eigenvalue weighted by Crippen LogP contribution is 2.22. The van der Waals surface area contributed by atoms with E-state index in [9.17, 15) is 4.79 Å². The number of carbonyl (C=O) groups excluding carboxylic acids is 1. The van der Waals surface area contributed by atoms with E-state index in [1.165, 1.54) is 7.11 Å². The first-order valence-electron chi connectivity index (χ1n) is 5.77. The molecule has 1 aromatic carbocycles. The van der Waals surface area contributed by atoms with Gasteiger partial charge in [0.1, 0.15) is 11.3 Å². The first-order chi connectivity index (χ1) is 9.29. The number of hydrogen-bond acceptors (Lipinski definition) is 4. The van der Waals surface area contributed by atoms with E-state index in [2.05, 4.69) is 15.0 Å². The number of ether oxygens (including phenoxy) is 1. The lowest BCUT2D eigenvalue weighted by atomic mass is 10.2. The Hall–Kier alpha value is -2.69. The number of imidazole rings is 1. The van der Waals surface area contributed by atoms with Gasteiger partial charge in [-0.05, 0) is 24.3 Å². The number of fused-ring (bicyclic) bond motifs is 1. The lowest BCUT2D eigenvalue weighted by molar-refractivity contribution is 0.0603. The number of esters is 1. The van der Waals surface area contributed by atoms with Gasteiger partial charge in [-0.25, -0.2) is 9.78 Å². The molecule has 0 aliphatic carbocycles. The van der Waals surface area contributed by atoms with Crippen LogP contribution in [0.15, 0.2) is 42.7 Å². The van der Waals surface area contributed by atoms with Gasteiger partial charge in [-0.2, -0.15) is 0 Å². The standard InChI is InChI=1S/C14H11N3O2/c1-19-14(18)10-3-2-4-11-12(10)17-13(16-11)9-5-7-15-8-6-9/h2-8H,1H3,(H,16,17). The molecule has 0 fully saturated rings. The van der Waals surface area contributed by atoms with Crippen LogP contribution >= 0.6 is 0 Å². The molecule has 3 rings (SSSR count). The molecular weight excluding hydrogens is 242 g/mol. The monoisotopic (exact) mass is 253 g/mol. The van der Waals surface area contributed by atoms with Crippen molar-refractivity contribution in [1.82, 2.24) is 15.0 Å². The molecule has 0 atom stereocenters. The van der Waals surface area contributed by atoms with E-state index in [0.29, 0.717) is 16.9 Å². The quantitative estimate of drug-likeness (QED) is 0.712. The fraction of sp³-hybridized carbons (Fsp3) is 0.0714. The van der Waals surface area contributed by atoms with E-state index in [4.69, 9.17) is 4.74 Å². The zero-order valence-corrected chi connectivity index (χ0v) is 10.3. The molecule has 94 valence electrons. The zero-order chi connectivity index (χ0) is 13.2. The van der Waals surface area contributed by atoms with Crippen LogP contribution in [0.1, 0.15) is 10.4 Å². The molecule has 2 heterocycles. The molecule has 5 heteroatoms. The minimum Gasteiger partial charge on any atom is -0.465 e. The van der Waals surface area contributed by atoms with E-state index in [1.807, 2.05) is 18.2 Å². The van der Waals surface area contributed by atoms with Crippen LogP contribution in [0.5, 0.6) is 0 Å². The van der Waals surface area contributed by atoms with Crippen molar-refractivity contribution in [3.63, 3.8) is 0 Å². The van der Waals surface area contributed by atoms with Gasteiger partial charge in [-0.1, -0.05) is 6.07 Å². The van der Waals surface area contributed by atoms with E-state index < -0.39 is 5.97 Å². The zero-order valence-electron chi connectivity index (χ0n) is 10.3. The van der Waals surface area contributed by atoms with E-state index in [-0.39, 0.29) is 0 Å². The van der Waals surface area contributed by atoms with Crippen LogP contribution in [-0.4, -0.2) is 28.0 Å². The van der Waals surface area contributed by atoms with Crippen molar-refractivity contribution in [2.45, 2.75) is 0 Å². The maximum Gasteiger partial charge on any atom is 0.340 e. The van der Waals surface area contributed by atoms with Crippen LogP contribution < -0.4 is 0 Å². The fourth-order valence-corrected chi connectivity index (χ4v) is 1.95. The maximum absolute atomic E-state index is 11.7. The van der Waals surface area contributed by atoms with Gasteiger partial charge in [0.05, 0.1) is 18.2 Å². The highest BCUT2D eigenvalue weighted by atomic mass is 16.5. The number of pyridine rings is 1. The molecule has 5 nitrogen and oxygen atoms in total. The van der Waals surface area contributed by atoms with Crippen LogP contribution in [0.4, 0.5) is 0 Å². The number of aromatic nitrogens is 3. The third-order valence-electron chi connectivity index (χ3n) is 2.87. The van der Waals surface area contributed by atoms with Gasteiger partial charge in [0.25, 0.3) is 0 Å². The van der Waals surface area contributed by atoms with E-state index in [1.54, 1.807) is 24.5 Å². The van der Waals surface area contributed by atoms with Gasteiger partial charge in [-0.15, -0.1) is 0 Å². The number of nitrogens with one attached hydrogen (secondary N) is 1. The molecule has 0 aliphatic rings. The van der Waals surface area contributed by atoms with Crippen molar-refractivity contribution in [2.24, 2.45) is 0 Å². The third-order valence-corrected chi connectivity index (χ3v) is 2.87. The second-order valence-corrected chi connectivity index (χ2v) is 4.01. The number of nitrogens with zero attached hydrogens (tertiary/aromatic N) is 2. The molecular formula is C14H11N3O2. The number of methoxy groups -OCH3 is 1. The Balaban J connectivity index is 2.19. The summed E-state index contributed by atoms with van der Waals surface area (Å²) >= 11 is 0. The van der Waals surface area contributed by atoms with Crippen LogP contribution in [0.2, 0.25) is 0 Å². The molecule has 0 spiro atoms. The predicted molar refractivity (Wildman–Crippen MR) is 70.7 cm³/mol. The summed E-state index contributed by atoms with van der Waals surface area (Å²) in [5.74, 6) is 0.312. The van der Waals surface area contributed by atoms with Crippen LogP contribution in [0.3, 0.4) is 0 Å².